The van der Waals surface area contributed by atoms with Crippen LogP contribution in [0.25, 0.3) is 10.8 Å². The standard InChI is InChI=1S/C13H14ClNO2.C2H6/c1-13(2,3)17-9-4-5-10-8(6-9)7-11(14)15-12(10)16;1-2/h4-7H,1-3H3,(H,15,16);1-2H3. The number of H-pyrrole nitrogens is 1. The van der Waals surface area contributed by atoms with Gasteiger partial charge in [-0.1, -0.05) is 25.4 Å². The molecule has 2 rings (SSSR count). The fourth-order valence-electron chi connectivity index (χ4n) is 1.63. The number of benzene rings is 1. The van der Waals surface area contributed by atoms with Crippen LogP contribution in [-0.2, 0) is 0 Å². The Hall–Kier alpha value is -1.48. The fourth-order valence-corrected chi connectivity index (χ4v) is 1.84. The van der Waals surface area contributed by atoms with Gasteiger partial charge >= 0.3 is 0 Å². The van der Waals surface area contributed by atoms with Gasteiger partial charge in [0, 0.05) is 5.39 Å². The number of fused-ring (bicyclic) bond motifs is 1. The molecule has 2 aromatic rings. The second-order valence-electron chi connectivity index (χ2n) is 4.91. The van der Waals surface area contributed by atoms with Crippen LogP contribution in [0.2, 0.25) is 5.15 Å². The highest BCUT2D eigenvalue weighted by Crippen LogP contribution is 2.23. The Balaban J connectivity index is 0.000000861. The largest absolute Gasteiger partial charge is 0.488 e. The molecule has 3 nitrogen and oxygen atoms in total. The Bertz CT molecular complexity index is 612. The SMILES string of the molecule is CC.CC(C)(C)Oc1ccc2c(=O)[nH]c(Cl)cc2c1. The minimum Gasteiger partial charge on any atom is -0.488 e. The average molecular weight is 282 g/mol. The van der Waals surface area contributed by atoms with E-state index in [1.165, 1.54) is 0 Å². The van der Waals surface area contributed by atoms with Crippen molar-refractivity contribution in [2.24, 2.45) is 0 Å². The van der Waals surface area contributed by atoms with Gasteiger partial charge in [-0.2, -0.15) is 0 Å². The predicted molar refractivity (Wildman–Crippen MR) is 81.3 cm³/mol. The molecule has 0 unspecified atom stereocenters. The van der Waals surface area contributed by atoms with Gasteiger partial charge in [-0.15, -0.1) is 0 Å². The van der Waals surface area contributed by atoms with Crippen molar-refractivity contribution in [1.82, 2.24) is 4.98 Å². The van der Waals surface area contributed by atoms with Gasteiger partial charge in [-0.05, 0) is 50.4 Å². The van der Waals surface area contributed by atoms with E-state index in [2.05, 4.69) is 4.98 Å². The molecule has 0 saturated carbocycles. The summed E-state index contributed by atoms with van der Waals surface area (Å²) in [5, 5.41) is 1.71. The molecule has 1 N–H and O–H groups in total. The van der Waals surface area contributed by atoms with Gasteiger partial charge in [-0.25, -0.2) is 0 Å². The zero-order chi connectivity index (χ0) is 14.6. The van der Waals surface area contributed by atoms with Gasteiger partial charge in [0.05, 0.1) is 0 Å². The molecule has 0 saturated heterocycles. The zero-order valence-corrected chi connectivity index (χ0v) is 12.8. The summed E-state index contributed by atoms with van der Waals surface area (Å²) in [7, 11) is 0. The van der Waals surface area contributed by atoms with E-state index in [9.17, 15) is 4.79 Å². The lowest BCUT2D eigenvalue weighted by atomic mass is 10.1. The number of aromatic nitrogens is 1. The van der Waals surface area contributed by atoms with Crippen LogP contribution in [-0.4, -0.2) is 10.6 Å². The van der Waals surface area contributed by atoms with Crippen LogP contribution in [0.3, 0.4) is 0 Å². The molecule has 1 heterocycles. The van der Waals surface area contributed by atoms with Gasteiger partial charge < -0.3 is 9.72 Å². The molecule has 0 aliphatic heterocycles. The number of aromatic amines is 1. The van der Waals surface area contributed by atoms with Crippen molar-refractivity contribution >= 4 is 22.4 Å². The lowest BCUT2D eigenvalue weighted by Crippen LogP contribution is -2.22. The van der Waals surface area contributed by atoms with Crippen LogP contribution >= 0.6 is 11.6 Å². The number of halogens is 1. The van der Waals surface area contributed by atoms with Crippen LogP contribution in [0.4, 0.5) is 0 Å². The monoisotopic (exact) mass is 281 g/mol. The average Bonchev–Trinajstić information content (AvgIpc) is 2.28. The summed E-state index contributed by atoms with van der Waals surface area (Å²) < 4.78 is 5.73. The lowest BCUT2D eigenvalue weighted by Gasteiger charge is -2.21. The fraction of sp³-hybridized carbons (Fsp3) is 0.400. The topological polar surface area (TPSA) is 42.1 Å². The van der Waals surface area contributed by atoms with E-state index in [4.69, 9.17) is 16.3 Å². The Morgan fingerprint density at radius 1 is 1.16 bits per heavy atom. The highest BCUT2D eigenvalue weighted by atomic mass is 35.5. The van der Waals surface area contributed by atoms with Crippen LogP contribution in [0.15, 0.2) is 29.1 Å². The zero-order valence-electron chi connectivity index (χ0n) is 12.0. The third-order valence-corrected chi connectivity index (χ3v) is 2.41. The van der Waals surface area contributed by atoms with Crippen molar-refractivity contribution in [3.05, 3.63) is 39.8 Å². The second-order valence-corrected chi connectivity index (χ2v) is 5.32. The van der Waals surface area contributed by atoms with Crippen molar-refractivity contribution in [2.75, 3.05) is 0 Å². The minimum absolute atomic E-state index is 0.185. The summed E-state index contributed by atoms with van der Waals surface area (Å²) in [6, 6.07) is 7.07. The number of hydrogen-bond acceptors (Lipinski definition) is 2. The highest BCUT2D eigenvalue weighted by Gasteiger charge is 2.12. The molecule has 0 aliphatic carbocycles. The van der Waals surface area contributed by atoms with Crippen LogP contribution in [0, 0.1) is 0 Å². The maximum absolute atomic E-state index is 11.6. The van der Waals surface area contributed by atoms with Crippen LogP contribution < -0.4 is 10.3 Å². The summed E-state index contributed by atoms with van der Waals surface area (Å²) in [5.41, 5.74) is -0.451. The maximum Gasteiger partial charge on any atom is 0.256 e. The molecule has 0 radical (unpaired) electrons. The molecular weight excluding hydrogens is 262 g/mol. The third kappa shape index (κ3) is 4.28. The predicted octanol–water partition coefficient (Wildman–Crippen LogP) is 4.39. The van der Waals surface area contributed by atoms with E-state index in [1.54, 1.807) is 18.2 Å². The molecule has 0 spiro atoms. The molecule has 0 atom stereocenters. The molecular formula is C15H20ClNO2. The van der Waals surface area contributed by atoms with Crippen LogP contribution in [0.5, 0.6) is 5.75 Å². The lowest BCUT2D eigenvalue weighted by molar-refractivity contribution is 0.131. The van der Waals surface area contributed by atoms with Crippen molar-refractivity contribution in [1.29, 1.82) is 0 Å². The molecule has 0 amide bonds. The molecule has 104 valence electrons. The van der Waals surface area contributed by atoms with Gasteiger partial charge in [0.25, 0.3) is 5.56 Å². The smallest absolute Gasteiger partial charge is 0.256 e. The van der Waals surface area contributed by atoms with Crippen molar-refractivity contribution < 1.29 is 4.74 Å². The molecule has 1 aromatic heterocycles. The summed E-state index contributed by atoms with van der Waals surface area (Å²) in [4.78, 5) is 14.2. The van der Waals surface area contributed by atoms with E-state index < -0.39 is 0 Å². The van der Waals surface area contributed by atoms with E-state index in [-0.39, 0.29) is 11.2 Å². The molecule has 0 fully saturated rings. The number of rotatable bonds is 1. The molecule has 1 aromatic carbocycles. The van der Waals surface area contributed by atoms with E-state index >= 15 is 0 Å². The van der Waals surface area contributed by atoms with Crippen molar-refractivity contribution in [3.63, 3.8) is 0 Å². The molecule has 0 aliphatic rings. The number of ether oxygens (including phenoxy) is 1. The Morgan fingerprint density at radius 3 is 2.37 bits per heavy atom. The highest BCUT2D eigenvalue weighted by molar-refractivity contribution is 6.30. The number of pyridine rings is 1. The Kier molecular flexibility index (Phi) is 5.01. The first-order chi connectivity index (χ1) is 8.85. The first-order valence-corrected chi connectivity index (χ1v) is 6.74. The van der Waals surface area contributed by atoms with E-state index in [1.807, 2.05) is 40.7 Å². The number of hydrogen-bond donors (Lipinski definition) is 1. The van der Waals surface area contributed by atoms with Crippen molar-refractivity contribution in [3.8, 4) is 5.75 Å². The minimum atomic E-state index is -0.265. The molecule has 19 heavy (non-hydrogen) atoms. The summed E-state index contributed by atoms with van der Waals surface area (Å²) in [6.45, 7) is 9.92. The van der Waals surface area contributed by atoms with Crippen LogP contribution in [0.1, 0.15) is 34.6 Å². The van der Waals surface area contributed by atoms with E-state index in [0.717, 1.165) is 11.1 Å². The van der Waals surface area contributed by atoms with Gasteiger partial charge in [0.2, 0.25) is 0 Å². The van der Waals surface area contributed by atoms with Gasteiger partial charge in [-0.3, -0.25) is 4.79 Å². The first-order valence-electron chi connectivity index (χ1n) is 6.37. The van der Waals surface area contributed by atoms with Gasteiger partial charge in [0.1, 0.15) is 16.5 Å². The normalized spacial score (nSPS) is 10.8. The van der Waals surface area contributed by atoms with Gasteiger partial charge in [0.15, 0.2) is 0 Å². The maximum atomic E-state index is 11.6. The Labute approximate surface area is 118 Å². The first kappa shape index (κ1) is 15.6. The third-order valence-electron chi connectivity index (χ3n) is 2.21. The Morgan fingerprint density at radius 2 is 1.79 bits per heavy atom. The molecule has 0 bridgehead atoms. The quantitative estimate of drug-likeness (QED) is 0.788. The van der Waals surface area contributed by atoms with Crippen molar-refractivity contribution in [2.45, 2.75) is 40.2 Å². The number of nitrogens with one attached hydrogen (secondary N) is 1. The summed E-state index contributed by atoms with van der Waals surface area (Å²) in [5.74, 6) is 0.728. The van der Waals surface area contributed by atoms with E-state index in [0.29, 0.717) is 10.5 Å². The molecule has 4 heteroatoms. The summed E-state index contributed by atoms with van der Waals surface area (Å²) >= 11 is 5.81. The second kappa shape index (κ2) is 6.11. The summed E-state index contributed by atoms with van der Waals surface area (Å²) in [6.07, 6.45) is 0.